The van der Waals surface area contributed by atoms with Crippen molar-refractivity contribution in [1.29, 1.82) is 0 Å². The van der Waals surface area contributed by atoms with E-state index in [-0.39, 0.29) is 5.69 Å². The highest BCUT2D eigenvalue weighted by Crippen LogP contribution is 2.47. The van der Waals surface area contributed by atoms with Crippen LogP contribution in [0.4, 0.5) is 0 Å². The second-order valence-corrected chi connectivity index (χ2v) is 7.40. The molecule has 4 rings (SSSR count). The van der Waals surface area contributed by atoms with E-state index < -0.39 is 22.6 Å². The standard InChI is InChI=1S/C23H23N3O3/c27-19-18(20(28)24-15-12-16-8-3-1-4-9-16)25-22(26-21(19)29)23(13-7-14-23)17-10-5-2-6-11-17/h1-6,8-11,27H,7,12-15H2,(H,24,28)(H,25,26,29). The number of H-pyrrole nitrogens is 1. The van der Waals surface area contributed by atoms with E-state index in [1.165, 1.54) is 0 Å². The zero-order valence-corrected chi connectivity index (χ0v) is 16.0. The molecule has 1 heterocycles. The smallest absolute Gasteiger partial charge is 0.293 e. The fourth-order valence-corrected chi connectivity index (χ4v) is 3.85. The normalized spacial score (nSPS) is 14.8. The van der Waals surface area contributed by atoms with Crippen LogP contribution < -0.4 is 10.9 Å². The Morgan fingerprint density at radius 1 is 1.07 bits per heavy atom. The molecule has 0 radical (unpaired) electrons. The van der Waals surface area contributed by atoms with Gasteiger partial charge in [0.15, 0.2) is 5.69 Å². The molecule has 0 saturated heterocycles. The zero-order valence-electron chi connectivity index (χ0n) is 16.0. The molecule has 1 saturated carbocycles. The van der Waals surface area contributed by atoms with Crippen molar-refractivity contribution in [3.63, 3.8) is 0 Å². The molecule has 1 amide bonds. The second kappa shape index (κ2) is 7.91. The van der Waals surface area contributed by atoms with E-state index in [4.69, 9.17) is 0 Å². The lowest BCUT2D eigenvalue weighted by Gasteiger charge is -2.41. The van der Waals surface area contributed by atoms with E-state index in [1.54, 1.807) is 0 Å². The van der Waals surface area contributed by atoms with E-state index in [2.05, 4.69) is 15.3 Å². The number of aromatic amines is 1. The highest BCUT2D eigenvalue weighted by Gasteiger charge is 2.43. The molecule has 0 aliphatic heterocycles. The fraction of sp³-hybridized carbons (Fsp3) is 0.261. The number of rotatable bonds is 6. The third-order valence-corrected chi connectivity index (χ3v) is 5.64. The number of hydrogen-bond acceptors (Lipinski definition) is 4. The van der Waals surface area contributed by atoms with E-state index in [0.717, 1.165) is 30.4 Å². The predicted octanol–water partition coefficient (Wildman–Crippen LogP) is 2.92. The Kier molecular flexibility index (Phi) is 5.16. The Balaban J connectivity index is 1.59. The number of benzene rings is 2. The first-order valence-electron chi connectivity index (χ1n) is 9.81. The molecule has 2 aromatic carbocycles. The van der Waals surface area contributed by atoms with Crippen LogP contribution in [-0.4, -0.2) is 27.5 Å². The number of aromatic nitrogens is 2. The topological polar surface area (TPSA) is 95.1 Å². The fourth-order valence-electron chi connectivity index (χ4n) is 3.85. The molecule has 0 atom stereocenters. The lowest BCUT2D eigenvalue weighted by atomic mass is 9.64. The number of aromatic hydroxyl groups is 1. The van der Waals surface area contributed by atoms with E-state index >= 15 is 0 Å². The van der Waals surface area contributed by atoms with Gasteiger partial charge in [0.05, 0.1) is 5.41 Å². The van der Waals surface area contributed by atoms with Crippen molar-refractivity contribution in [2.75, 3.05) is 6.54 Å². The summed E-state index contributed by atoms with van der Waals surface area (Å²) in [5, 5.41) is 12.9. The molecule has 0 unspecified atom stereocenters. The van der Waals surface area contributed by atoms with Crippen molar-refractivity contribution in [1.82, 2.24) is 15.3 Å². The first kappa shape index (κ1) is 18.9. The van der Waals surface area contributed by atoms with Crippen LogP contribution in [0.25, 0.3) is 0 Å². The van der Waals surface area contributed by atoms with Crippen molar-refractivity contribution in [2.45, 2.75) is 31.1 Å². The summed E-state index contributed by atoms with van der Waals surface area (Å²) < 4.78 is 0. The van der Waals surface area contributed by atoms with Gasteiger partial charge in [-0.2, -0.15) is 0 Å². The summed E-state index contributed by atoms with van der Waals surface area (Å²) in [5.41, 5.74) is 0.807. The van der Waals surface area contributed by atoms with Crippen molar-refractivity contribution in [3.8, 4) is 5.75 Å². The average Bonchev–Trinajstić information content (AvgIpc) is 2.71. The molecule has 0 spiro atoms. The van der Waals surface area contributed by atoms with Gasteiger partial charge in [-0.25, -0.2) is 4.98 Å². The lowest BCUT2D eigenvalue weighted by molar-refractivity contribution is 0.0944. The summed E-state index contributed by atoms with van der Waals surface area (Å²) in [6, 6.07) is 19.6. The van der Waals surface area contributed by atoms with Crippen molar-refractivity contribution < 1.29 is 9.90 Å². The van der Waals surface area contributed by atoms with Crippen LogP contribution in [-0.2, 0) is 11.8 Å². The first-order valence-corrected chi connectivity index (χ1v) is 9.81. The van der Waals surface area contributed by atoms with Crippen LogP contribution in [0.5, 0.6) is 5.75 Å². The molecular formula is C23H23N3O3. The number of nitrogens with zero attached hydrogens (tertiary/aromatic N) is 1. The van der Waals surface area contributed by atoms with Gasteiger partial charge in [-0.05, 0) is 30.4 Å². The molecule has 6 nitrogen and oxygen atoms in total. The third kappa shape index (κ3) is 3.66. The Hall–Kier alpha value is -3.41. The summed E-state index contributed by atoms with van der Waals surface area (Å²) in [4.78, 5) is 32.1. The van der Waals surface area contributed by atoms with Crippen LogP contribution in [0.2, 0.25) is 0 Å². The molecule has 3 aromatic rings. The number of nitrogens with one attached hydrogen (secondary N) is 2. The Morgan fingerprint density at radius 2 is 1.72 bits per heavy atom. The van der Waals surface area contributed by atoms with Crippen LogP contribution in [0.3, 0.4) is 0 Å². The van der Waals surface area contributed by atoms with Gasteiger partial charge in [0, 0.05) is 6.54 Å². The summed E-state index contributed by atoms with van der Waals surface area (Å²) in [7, 11) is 0. The Bertz CT molecular complexity index is 1060. The molecular weight excluding hydrogens is 366 g/mol. The number of amides is 1. The van der Waals surface area contributed by atoms with Gasteiger partial charge in [-0.3, -0.25) is 9.59 Å². The molecule has 1 fully saturated rings. The van der Waals surface area contributed by atoms with Gasteiger partial charge in [-0.1, -0.05) is 67.1 Å². The molecule has 1 aromatic heterocycles. The molecule has 3 N–H and O–H groups in total. The number of carbonyl (C=O) groups is 1. The minimum absolute atomic E-state index is 0.223. The summed E-state index contributed by atoms with van der Waals surface area (Å²) in [6.45, 7) is 0.385. The van der Waals surface area contributed by atoms with E-state index in [9.17, 15) is 14.7 Å². The van der Waals surface area contributed by atoms with Gasteiger partial charge in [0.25, 0.3) is 11.5 Å². The van der Waals surface area contributed by atoms with Crippen molar-refractivity contribution >= 4 is 5.91 Å². The summed E-state index contributed by atoms with van der Waals surface area (Å²) in [5.74, 6) is -0.757. The largest absolute Gasteiger partial charge is 0.501 e. The predicted molar refractivity (Wildman–Crippen MR) is 110 cm³/mol. The van der Waals surface area contributed by atoms with Gasteiger partial charge < -0.3 is 15.4 Å². The zero-order chi connectivity index (χ0) is 20.3. The van der Waals surface area contributed by atoms with Crippen molar-refractivity contribution in [3.05, 3.63) is 93.7 Å². The van der Waals surface area contributed by atoms with Crippen LogP contribution in [0.1, 0.15) is 46.7 Å². The minimum atomic E-state index is -0.689. The molecule has 1 aliphatic carbocycles. The highest BCUT2D eigenvalue weighted by atomic mass is 16.3. The van der Waals surface area contributed by atoms with Gasteiger partial charge >= 0.3 is 0 Å². The maximum absolute atomic E-state index is 12.6. The molecule has 148 valence electrons. The summed E-state index contributed by atoms with van der Waals surface area (Å²) >= 11 is 0. The summed E-state index contributed by atoms with van der Waals surface area (Å²) in [6.07, 6.45) is 3.33. The molecule has 6 heteroatoms. The van der Waals surface area contributed by atoms with Crippen molar-refractivity contribution in [2.24, 2.45) is 0 Å². The van der Waals surface area contributed by atoms with Crippen LogP contribution in [0.15, 0.2) is 65.5 Å². The van der Waals surface area contributed by atoms with Gasteiger partial charge in [-0.15, -0.1) is 0 Å². The maximum atomic E-state index is 12.6. The Labute approximate surface area is 168 Å². The van der Waals surface area contributed by atoms with E-state index in [1.807, 2.05) is 60.7 Å². The lowest BCUT2D eigenvalue weighted by Crippen LogP contribution is -2.40. The monoisotopic (exact) mass is 389 g/mol. The first-order chi connectivity index (χ1) is 14.1. The van der Waals surface area contributed by atoms with E-state index in [0.29, 0.717) is 18.8 Å². The van der Waals surface area contributed by atoms with Crippen LogP contribution >= 0.6 is 0 Å². The van der Waals surface area contributed by atoms with Crippen LogP contribution in [0, 0.1) is 0 Å². The SMILES string of the molecule is O=C(NCCc1ccccc1)c1nc(C2(c3ccccc3)CCC2)[nH]c(=O)c1O. The quantitative estimate of drug-likeness (QED) is 0.604. The second-order valence-electron chi connectivity index (χ2n) is 7.40. The number of hydrogen-bond donors (Lipinski definition) is 3. The third-order valence-electron chi connectivity index (χ3n) is 5.64. The van der Waals surface area contributed by atoms with Gasteiger partial charge in [0.2, 0.25) is 5.75 Å². The maximum Gasteiger partial charge on any atom is 0.293 e. The number of carbonyl (C=O) groups excluding carboxylic acids is 1. The molecule has 1 aliphatic rings. The molecule has 0 bridgehead atoms. The van der Waals surface area contributed by atoms with Gasteiger partial charge in [0.1, 0.15) is 5.82 Å². The Morgan fingerprint density at radius 3 is 2.34 bits per heavy atom. The molecule has 29 heavy (non-hydrogen) atoms. The highest BCUT2D eigenvalue weighted by molar-refractivity contribution is 5.94. The minimum Gasteiger partial charge on any atom is -0.501 e. The average molecular weight is 389 g/mol.